The van der Waals surface area contributed by atoms with Crippen LogP contribution >= 0.6 is 0 Å². The smallest absolute Gasteiger partial charge is 0.330 e. The molecule has 0 bridgehead atoms. The third kappa shape index (κ3) is 18.9. The van der Waals surface area contributed by atoms with E-state index in [1.54, 1.807) is 6.08 Å². The molecule has 0 heterocycles. The molecule has 0 fully saturated rings. The molecule has 0 saturated heterocycles. The molecule has 0 aliphatic heterocycles. The van der Waals surface area contributed by atoms with Gasteiger partial charge in [-0.25, -0.2) is 4.79 Å². The van der Waals surface area contributed by atoms with Gasteiger partial charge in [-0.05, 0) is 50.5 Å². The van der Waals surface area contributed by atoms with E-state index in [1.807, 2.05) is 45.0 Å². The molecule has 0 spiro atoms. The summed E-state index contributed by atoms with van der Waals surface area (Å²) in [5, 5.41) is 0. The zero-order valence-electron chi connectivity index (χ0n) is 26.1. The second kappa shape index (κ2) is 23.4. The van der Waals surface area contributed by atoms with Gasteiger partial charge in [-0.15, -0.1) is 0 Å². The third-order valence-electron chi connectivity index (χ3n) is 7.56. The molecule has 40 heavy (non-hydrogen) atoms. The Labute approximate surface area is 245 Å². The SMILES string of the molecule is CCCCCCCCCCCCCCCCCCOc1ccc(/C=C/C(=O)OCCOC(=O)C(C)(C)CC)cc1. The molecule has 0 aliphatic rings. The van der Waals surface area contributed by atoms with E-state index in [0.717, 1.165) is 24.3 Å². The summed E-state index contributed by atoms with van der Waals surface area (Å²) in [5.74, 6) is 0.103. The molecule has 1 aromatic carbocycles. The summed E-state index contributed by atoms with van der Waals surface area (Å²) in [4.78, 5) is 23.8. The van der Waals surface area contributed by atoms with Crippen molar-refractivity contribution in [3.63, 3.8) is 0 Å². The second-order valence-corrected chi connectivity index (χ2v) is 11.6. The van der Waals surface area contributed by atoms with Gasteiger partial charge in [0.2, 0.25) is 0 Å². The summed E-state index contributed by atoms with van der Waals surface area (Å²) in [6, 6.07) is 7.68. The number of benzene rings is 1. The molecular weight excluding hydrogens is 500 g/mol. The summed E-state index contributed by atoms with van der Waals surface area (Å²) < 4.78 is 16.1. The first-order valence-corrected chi connectivity index (χ1v) is 16.1. The maximum atomic E-state index is 11.9. The van der Waals surface area contributed by atoms with Crippen LogP contribution in [0.1, 0.15) is 142 Å². The topological polar surface area (TPSA) is 61.8 Å². The van der Waals surface area contributed by atoms with E-state index in [-0.39, 0.29) is 19.2 Å². The maximum absolute atomic E-state index is 11.9. The number of esters is 2. The van der Waals surface area contributed by atoms with Crippen molar-refractivity contribution >= 4 is 18.0 Å². The van der Waals surface area contributed by atoms with Crippen LogP contribution in [0.5, 0.6) is 5.75 Å². The van der Waals surface area contributed by atoms with E-state index in [1.165, 1.54) is 102 Å². The van der Waals surface area contributed by atoms with Crippen LogP contribution in [0.3, 0.4) is 0 Å². The molecule has 5 nitrogen and oxygen atoms in total. The first kappa shape index (κ1) is 35.7. The highest BCUT2D eigenvalue weighted by Crippen LogP contribution is 2.21. The highest BCUT2D eigenvalue weighted by molar-refractivity contribution is 5.87. The lowest BCUT2D eigenvalue weighted by Crippen LogP contribution is -2.27. The number of carbonyl (C=O) groups excluding carboxylic acids is 2. The van der Waals surface area contributed by atoms with E-state index in [2.05, 4.69) is 6.92 Å². The fourth-order valence-corrected chi connectivity index (χ4v) is 4.34. The summed E-state index contributed by atoms with van der Waals surface area (Å²) in [5.41, 5.74) is 0.369. The van der Waals surface area contributed by atoms with Gasteiger partial charge in [-0.2, -0.15) is 0 Å². The average Bonchev–Trinajstić information content (AvgIpc) is 2.96. The van der Waals surface area contributed by atoms with Gasteiger partial charge in [0.1, 0.15) is 19.0 Å². The molecule has 1 rings (SSSR count). The average molecular weight is 559 g/mol. The molecule has 0 unspecified atom stereocenters. The minimum Gasteiger partial charge on any atom is -0.494 e. The number of rotatable bonds is 25. The predicted octanol–water partition coefficient (Wildman–Crippen LogP) is 9.86. The largest absolute Gasteiger partial charge is 0.494 e. The van der Waals surface area contributed by atoms with Crippen molar-refractivity contribution in [2.45, 2.75) is 137 Å². The number of ether oxygens (including phenoxy) is 3. The van der Waals surface area contributed by atoms with E-state index in [4.69, 9.17) is 14.2 Å². The van der Waals surface area contributed by atoms with E-state index >= 15 is 0 Å². The van der Waals surface area contributed by atoms with Crippen LogP contribution in [-0.2, 0) is 19.1 Å². The Kier molecular flexibility index (Phi) is 20.9. The van der Waals surface area contributed by atoms with Crippen LogP contribution in [-0.4, -0.2) is 31.8 Å². The van der Waals surface area contributed by atoms with Gasteiger partial charge in [-0.1, -0.05) is 122 Å². The van der Waals surface area contributed by atoms with Crippen LogP contribution in [0.15, 0.2) is 30.3 Å². The molecule has 0 amide bonds. The molecule has 0 aromatic heterocycles. The van der Waals surface area contributed by atoms with Crippen LogP contribution < -0.4 is 4.74 Å². The van der Waals surface area contributed by atoms with Gasteiger partial charge in [0, 0.05) is 6.08 Å². The molecule has 228 valence electrons. The van der Waals surface area contributed by atoms with Crippen LogP contribution in [0.2, 0.25) is 0 Å². The molecule has 0 atom stereocenters. The monoisotopic (exact) mass is 558 g/mol. The third-order valence-corrected chi connectivity index (χ3v) is 7.56. The molecule has 0 saturated carbocycles. The Morgan fingerprint density at radius 2 is 1.12 bits per heavy atom. The number of hydrogen-bond donors (Lipinski definition) is 0. The van der Waals surface area contributed by atoms with Gasteiger partial charge in [-0.3, -0.25) is 4.79 Å². The van der Waals surface area contributed by atoms with Crippen LogP contribution in [0.25, 0.3) is 6.08 Å². The lowest BCUT2D eigenvalue weighted by Gasteiger charge is -2.20. The lowest BCUT2D eigenvalue weighted by atomic mass is 9.91. The minimum atomic E-state index is -0.522. The highest BCUT2D eigenvalue weighted by Gasteiger charge is 2.26. The number of carbonyl (C=O) groups is 2. The summed E-state index contributed by atoms with van der Waals surface area (Å²) in [6.45, 7) is 8.73. The number of hydrogen-bond acceptors (Lipinski definition) is 5. The first-order valence-electron chi connectivity index (χ1n) is 16.1. The fraction of sp³-hybridized carbons (Fsp3) is 0.714. The first-order chi connectivity index (χ1) is 19.4. The molecule has 0 radical (unpaired) electrons. The van der Waals surface area contributed by atoms with Crippen molar-refractivity contribution in [1.82, 2.24) is 0 Å². The molecule has 5 heteroatoms. The van der Waals surface area contributed by atoms with Gasteiger partial charge in [0.15, 0.2) is 0 Å². The molecule has 1 aromatic rings. The Hall–Kier alpha value is -2.30. The van der Waals surface area contributed by atoms with Crippen molar-refractivity contribution in [2.24, 2.45) is 5.41 Å². The van der Waals surface area contributed by atoms with Crippen molar-refractivity contribution in [3.05, 3.63) is 35.9 Å². The van der Waals surface area contributed by atoms with E-state index in [0.29, 0.717) is 6.42 Å². The maximum Gasteiger partial charge on any atom is 0.330 e. The zero-order chi connectivity index (χ0) is 29.3. The Bertz CT molecular complexity index is 797. The highest BCUT2D eigenvalue weighted by atomic mass is 16.6. The summed E-state index contributed by atoms with van der Waals surface area (Å²) >= 11 is 0. The molecular formula is C35H58O5. The van der Waals surface area contributed by atoms with Gasteiger partial charge in [0.05, 0.1) is 12.0 Å². The van der Waals surface area contributed by atoms with Crippen molar-refractivity contribution in [3.8, 4) is 5.75 Å². The van der Waals surface area contributed by atoms with Gasteiger partial charge < -0.3 is 14.2 Å². The number of unbranched alkanes of at least 4 members (excludes halogenated alkanes) is 15. The van der Waals surface area contributed by atoms with Crippen LogP contribution in [0.4, 0.5) is 0 Å². The quantitative estimate of drug-likeness (QED) is 0.0679. The summed E-state index contributed by atoms with van der Waals surface area (Å²) in [7, 11) is 0. The Balaban J connectivity index is 1.99. The molecule has 0 N–H and O–H groups in total. The molecule has 0 aliphatic carbocycles. The van der Waals surface area contributed by atoms with E-state index < -0.39 is 11.4 Å². The van der Waals surface area contributed by atoms with Crippen molar-refractivity contribution in [2.75, 3.05) is 19.8 Å². The second-order valence-electron chi connectivity index (χ2n) is 11.6. The lowest BCUT2D eigenvalue weighted by molar-refractivity contribution is -0.157. The van der Waals surface area contributed by atoms with Crippen molar-refractivity contribution < 1.29 is 23.8 Å². The Morgan fingerprint density at radius 3 is 1.62 bits per heavy atom. The minimum absolute atomic E-state index is 0.0425. The normalized spacial score (nSPS) is 11.6. The van der Waals surface area contributed by atoms with Gasteiger partial charge >= 0.3 is 11.9 Å². The van der Waals surface area contributed by atoms with Gasteiger partial charge in [0.25, 0.3) is 0 Å². The van der Waals surface area contributed by atoms with Crippen molar-refractivity contribution in [1.29, 1.82) is 0 Å². The fourth-order valence-electron chi connectivity index (χ4n) is 4.34. The Morgan fingerprint density at radius 1 is 0.650 bits per heavy atom. The van der Waals surface area contributed by atoms with Crippen LogP contribution in [0, 0.1) is 5.41 Å². The van der Waals surface area contributed by atoms with E-state index in [9.17, 15) is 9.59 Å². The standard InChI is InChI=1S/C35H58O5/c1-5-7-8-9-10-11-12-13-14-15-16-17-18-19-20-21-28-38-32-25-22-31(23-26-32)24-27-33(36)39-29-30-40-34(37)35(3,4)6-2/h22-27H,5-21,28-30H2,1-4H3/b27-24+. The summed E-state index contributed by atoms with van der Waals surface area (Å²) in [6.07, 6.45) is 25.6. The zero-order valence-corrected chi connectivity index (χ0v) is 26.1. The predicted molar refractivity (Wildman–Crippen MR) is 167 cm³/mol.